The van der Waals surface area contributed by atoms with Crippen LogP contribution in [0.15, 0.2) is 42.9 Å². The number of alkyl halides is 3. The van der Waals surface area contributed by atoms with Gasteiger partial charge in [-0.15, -0.1) is 10.2 Å². The number of halogens is 4. The van der Waals surface area contributed by atoms with Crippen LogP contribution in [0.2, 0.25) is 0 Å². The number of rotatable bonds is 6. The third-order valence-electron chi connectivity index (χ3n) is 4.50. The molecule has 0 aliphatic rings. The molecular weight excluding hydrogens is 374 g/mol. The van der Waals surface area contributed by atoms with Gasteiger partial charge in [0, 0.05) is 19.7 Å². The SMILES string of the molecule is CC(Cc1nncn1C)c1ccc(F)c(NCc2ncccc2C(F)(F)F)c1. The predicted octanol–water partition coefficient (Wildman–Crippen LogP) is 4.33. The van der Waals surface area contributed by atoms with E-state index in [1.54, 1.807) is 23.0 Å². The molecule has 0 fully saturated rings. The van der Waals surface area contributed by atoms with E-state index in [9.17, 15) is 17.6 Å². The van der Waals surface area contributed by atoms with Gasteiger partial charge in [-0.05, 0) is 35.7 Å². The Hall–Kier alpha value is -2.97. The first kappa shape index (κ1) is 19.8. The maximum Gasteiger partial charge on any atom is 0.418 e. The van der Waals surface area contributed by atoms with E-state index >= 15 is 0 Å². The molecule has 1 N–H and O–H groups in total. The minimum atomic E-state index is -4.52. The van der Waals surface area contributed by atoms with E-state index in [1.807, 2.05) is 14.0 Å². The molecule has 0 saturated carbocycles. The zero-order chi connectivity index (χ0) is 20.3. The number of hydrogen-bond acceptors (Lipinski definition) is 4. The minimum absolute atomic E-state index is 0.0182. The monoisotopic (exact) mass is 393 g/mol. The van der Waals surface area contributed by atoms with E-state index < -0.39 is 17.6 Å². The molecule has 0 saturated heterocycles. The highest BCUT2D eigenvalue weighted by molar-refractivity contribution is 5.48. The number of nitrogens with one attached hydrogen (secondary N) is 1. The van der Waals surface area contributed by atoms with Gasteiger partial charge in [0.1, 0.15) is 18.0 Å². The molecule has 1 aromatic carbocycles. The molecule has 2 aromatic heterocycles. The lowest BCUT2D eigenvalue weighted by molar-refractivity contribution is -0.138. The Bertz CT molecular complexity index is 951. The van der Waals surface area contributed by atoms with E-state index in [1.165, 1.54) is 18.3 Å². The molecule has 28 heavy (non-hydrogen) atoms. The van der Waals surface area contributed by atoms with Crippen molar-refractivity contribution in [1.29, 1.82) is 0 Å². The lowest BCUT2D eigenvalue weighted by Gasteiger charge is -2.16. The van der Waals surface area contributed by atoms with Crippen molar-refractivity contribution in [2.24, 2.45) is 7.05 Å². The Morgan fingerprint density at radius 1 is 1.21 bits per heavy atom. The van der Waals surface area contributed by atoms with Gasteiger partial charge in [0.2, 0.25) is 0 Å². The maximum absolute atomic E-state index is 14.2. The summed E-state index contributed by atoms with van der Waals surface area (Å²) in [6, 6.07) is 6.74. The third-order valence-corrected chi connectivity index (χ3v) is 4.50. The summed E-state index contributed by atoms with van der Waals surface area (Å²) >= 11 is 0. The van der Waals surface area contributed by atoms with E-state index in [-0.39, 0.29) is 23.8 Å². The first-order valence-corrected chi connectivity index (χ1v) is 8.63. The van der Waals surface area contributed by atoms with Crippen LogP contribution in [0.25, 0.3) is 0 Å². The Balaban J connectivity index is 1.77. The van der Waals surface area contributed by atoms with Crippen molar-refractivity contribution in [3.63, 3.8) is 0 Å². The van der Waals surface area contributed by atoms with Crippen molar-refractivity contribution in [3.05, 3.63) is 71.3 Å². The van der Waals surface area contributed by atoms with Crippen molar-refractivity contribution in [1.82, 2.24) is 19.7 Å². The topological polar surface area (TPSA) is 55.6 Å². The predicted molar refractivity (Wildman–Crippen MR) is 96.1 cm³/mol. The van der Waals surface area contributed by atoms with Crippen LogP contribution >= 0.6 is 0 Å². The van der Waals surface area contributed by atoms with Gasteiger partial charge in [0.25, 0.3) is 0 Å². The number of aromatic nitrogens is 4. The van der Waals surface area contributed by atoms with E-state index in [4.69, 9.17) is 0 Å². The average Bonchev–Trinajstić information content (AvgIpc) is 3.05. The molecule has 0 aliphatic carbocycles. The Kier molecular flexibility index (Phi) is 5.62. The van der Waals surface area contributed by atoms with E-state index in [2.05, 4.69) is 20.5 Å². The smallest absolute Gasteiger partial charge is 0.377 e. The molecule has 9 heteroatoms. The summed E-state index contributed by atoms with van der Waals surface area (Å²) in [7, 11) is 1.84. The lowest BCUT2D eigenvalue weighted by Crippen LogP contribution is -2.14. The molecule has 3 rings (SSSR count). The molecule has 0 bridgehead atoms. The number of aryl methyl sites for hydroxylation is 1. The van der Waals surface area contributed by atoms with Crippen LogP contribution in [0, 0.1) is 5.82 Å². The lowest BCUT2D eigenvalue weighted by atomic mass is 9.96. The number of anilines is 1. The van der Waals surface area contributed by atoms with Gasteiger partial charge in [0.05, 0.1) is 23.5 Å². The average molecular weight is 393 g/mol. The Labute approximate surface area is 159 Å². The Morgan fingerprint density at radius 3 is 2.68 bits per heavy atom. The van der Waals surface area contributed by atoms with Gasteiger partial charge in [-0.25, -0.2) is 4.39 Å². The molecule has 0 aliphatic heterocycles. The number of pyridine rings is 1. The highest BCUT2D eigenvalue weighted by Gasteiger charge is 2.33. The molecular formula is C19H19F4N5. The van der Waals surface area contributed by atoms with Crippen molar-refractivity contribution < 1.29 is 17.6 Å². The van der Waals surface area contributed by atoms with Crippen molar-refractivity contribution in [3.8, 4) is 0 Å². The summed E-state index contributed by atoms with van der Waals surface area (Å²) in [5.74, 6) is 0.262. The van der Waals surface area contributed by atoms with Crippen LogP contribution in [-0.2, 0) is 26.2 Å². The summed E-state index contributed by atoms with van der Waals surface area (Å²) in [6.45, 7) is 1.72. The standard InChI is InChI=1S/C19H19F4N5/c1-12(8-18-27-26-11-28(18)2)13-5-6-15(20)16(9-13)25-10-17-14(19(21,22)23)4-3-7-24-17/h3-7,9,11-12,25H,8,10H2,1-2H3. The van der Waals surface area contributed by atoms with Crippen LogP contribution in [0.5, 0.6) is 0 Å². The summed E-state index contributed by atoms with van der Waals surface area (Å²) in [5.41, 5.74) is -0.0632. The Morgan fingerprint density at radius 2 is 2.00 bits per heavy atom. The quantitative estimate of drug-likeness (QED) is 0.634. The van der Waals surface area contributed by atoms with E-state index in [0.717, 1.165) is 17.5 Å². The third kappa shape index (κ3) is 4.47. The number of nitrogens with zero attached hydrogens (tertiary/aromatic N) is 4. The molecule has 2 heterocycles. The normalized spacial score (nSPS) is 12.8. The zero-order valence-corrected chi connectivity index (χ0v) is 15.3. The van der Waals surface area contributed by atoms with Gasteiger partial charge in [-0.3, -0.25) is 4.98 Å². The molecule has 148 valence electrons. The molecule has 0 radical (unpaired) electrons. The minimum Gasteiger partial charge on any atom is -0.377 e. The van der Waals surface area contributed by atoms with Gasteiger partial charge < -0.3 is 9.88 Å². The largest absolute Gasteiger partial charge is 0.418 e. The van der Waals surface area contributed by atoms with Crippen molar-refractivity contribution in [2.75, 3.05) is 5.32 Å². The first-order valence-electron chi connectivity index (χ1n) is 8.63. The fourth-order valence-electron chi connectivity index (χ4n) is 2.88. The van der Waals surface area contributed by atoms with E-state index in [0.29, 0.717) is 6.42 Å². The first-order chi connectivity index (χ1) is 13.3. The zero-order valence-electron chi connectivity index (χ0n) is 15.3. The summed E-state index contributed by atoms with van der Waals surface area (Å²) in [6.07, 6.45) is -1.04. The highest BCUT2D eigenvalue weighted by Crippen LogP contribution is 2.31. The van der Waals surface area contributed by atoms with Gasteiger partial charge >= 0.3 is 6.18 Å². The fourth-order valence-corrected chi connectivity index (χ4v) is 2.88. The highest BCUT2D eigenvalue weighted by atomic mass is 19.4. The van der Waals surface area contributed by atoms with Gasteiger partial charge in [0.15, 0.2) is 0 Å². The summed E-state index contributed by atoms with van der Waals surface area (Å²) in [5, 5.41) is 10.6. The van der Waals surface area contributed by atoms with Gasteiger partial charge in [-0.1, -0.05) is 13.0 Å². The second-order valence-electron chi connectivity index (χ2n) is 6.55. The maximum atomic E-state index is 14.2. The molecule has 1 unspecified atom stereocenters. The van der Waals surface area contributed by atoms with Crippen LogP contribution in [0.1, 0.15) is 35.5 Å². The summed E-state index contributed by atoms with van der Waals surface area (Å²) < 4.78 is 55.2. The van der Waals surface area contributed by atoms with Crippen molar-refractivity contribution in [2.45, 2.75) is 32.0 Å². The molecule has 0 spiro atoms. The summed E-state index contributed by atoms with van der Waals surface area (Å²) in [4.78, 5) is 3.78. The van der Waals surface area contributed by atoms with Crippen LogP contribution in [0.3, 0.4) is 0 Å². The number of benzene rings is 1. The van der Waals surface area contributed by atoms with Crippen LogP contribution in [-0.4, -0.2) is 19.7 Å². The molecule has 5 nitrogen and oxygen atoms in total. The number of hydrogen-bond donors (Lipinski definition) is 1. The van der Waals surface area contributed by atoms with Crippen LogP contribution < -0.4 is 5.32 Å². The van der Waals surface area contributed by atoms with Crippen LogP contribution in [0.4, 0.5) is 23.2 Å². The molecule has 3 aromatic rings. The fraction of sp³-hybridized carbons (Fsp3) is 0.316. The molecule has 0 amide bonds. The second-order valence-corrected chi connectivity index (χ2v) is 6.55. The van der Waals surface area contributed by atoms with Crippen molar-refractivity contribution >= 4 is 5.69 Å². The second kappa shape index (κ2) is 7.95. The molecule has 1 atom stereocenters. The van der Waals surface area contributed by atoms with Gasteiger partial charge in [-0.2, -0.15) is 13.2 Å².